The molecular formula is C25H24N6O6. The average Bonchev–Trinajstić information content (AvgIpc) is 3.50. The Kier molecular flexibility index (Phi) is 5.35. The minimum absolute atomic E-state index is 0.0501. The minimum Gasteiger partial charge on any atom is -0.394 e. The molecule has 0 saturated carbocycles. The normalized spacial score (nSPS) is 22.3. The van der Waals surface area contributed by atoms with E-state index in [0.29, 0.717) is 12.1 Å². The van der Waals surface area contributed by atoms with Crippen LogP contribution in [0.15, 0.2) is 47.3 Å². The number of aromatic amines is 1. The first-order valence-corrected chi connectivity index (χ1v) is 11.7. The Hall–Kier alpha value is -4.10. The zero-order valence-electron chi connectivity index (χ0n) is 19.7. The second-order valence-electron chi connectivity index (χ2n) is 9.16. The Bertz CT molecular complexity index is 1610. The summed E-state index contributed by atoms with van der Waals surface area (Å²) in [7, 11) is 0. The van der Waals surface area contributed by atoms with Crippen molar-refractivity contribution in [3.63, 3.8) is 0 Å². The Balaban J connectivity index is 1.55. The number of hydrogen-bond donors (Lipinski definition) is 5. The van der Waals surface area contributed by atoms with E-state index < -0.39 is 42.6 Å². The summed E-state index contributed by atoms with van der Waals surface area (Å²) in [6.07, 6.45) is -4.67. The largest absolute Gasteiger partial charge is 0.394 e. The van der Waals surface area contributed by atoms with Crippen molar-refractivity contribution in [1.29, 1.82) is 0 Å². The number of nitrogens with two attached hydrogens (primary N) is 1. The van der Waals surface area contributed by atoms with Gasteiger partial charge in [-0.2, -0.15) is 4.98 Å². The van der Waals surface area contributed by atoms with Crippen LogP contribution in [0.1, 0.15) is 24.3 Å². The molecule has 6 rings (SSSR count). The van der Waals surface area contributed by atoms with Crippen molar-refractivity contribution in [1.82, 2.24) is 19.5 Å². The van der Waals surface area contributed by atoms with Crippen molar-refractivity contribution in [2.75, 3.05) is 17.2 Å². The highest BCUT2D eigenvalue weighted by atomic mass is 16.6. The van der Waals surface area contributed by atoms with Crippen LogP contribution in [0.25, 0.3) is 22.3 Å². The lowest BCUT2D eigenvalue weighted by Crippen LogP contribution is -2.34. The second-order valence-corrected chi connectivity index (χ2v) is 9.16. The number of imidazole rings is 1. The second kappa shape index (κ2) is 8.49. The van der Waals surface area contributed by atoms with E-state index in [1.54, 1.807) is 6.07 Å². The summed E-state index contributed by atoms with van der Waals surface area (Å²) in [6.45, 7) is 0.781. The van der Waals surface area contributed by atoms with Gasteiger partial charge in [-0.05, 0) is 40.8 Å². The topological polar surface area (TPSA) is 180 Å². The Morgan fingerprint density at radius 2 is 1.92 bits per heavy atom. The molecule has 2 aliphatic rings. The number of aromatic nitrogens is 4. The van der Waals surface area contributed by atoms with Crippen molar-refractivity contribution in [3.8, 4) is 11.1 Å². The zero-order valence-corrected chi connectivity index (χ0v) is 19.7. The lowest BCUT2D eigenvalue weighted by atomic mass is 10.1. The number of H-pyrrole nitrogens is 1. The fraction of sp³-hybridized carbons (Fsp3) is 0.280. The van der Waals surface area contributed by atoms with Gasteiger partial charge in [0.15, 0.2) is 17.4 Å². The number of nitrogens with zero attached hydrogens (tertiary/aromatic N) is 4. The van der Waals surface area contributed by atoms with Crippen molar-refractivity contribution >= 4 is 34.7 Å². The predicted molar refractivity (Wildman–Crippen MR) is 133 cm³/mol. The van der Waals surface area contributed by atoms with Crippen LogP contribution in [0.3, 0.4) is 0 Å². The van der Waals surface area contributed by atoms with E-state index in [-0.39, 0.29) is 23.1 Å². The smallest absolute Gasteiger partial charge is 0.280 e. The van der Waals surface area contributed by atoms with Gasteiger partial charge in [-0.1, -0.05) is 30.3 Å². The summed E-state index contributed by atoms with van der Waals surface area (Å²) in [6, 6.07) is 13.6. The first-order valence-electron chi connectivity index (χ1n) is 11.7. The molecule has 2 aromatic heterocycles. The summed E-state index contributed by atoms with van der Waals surface area (Å²) < 4.78 is 6.99. The number of carbonyl (C=O) groups is 1. The number of nitrogens with one attached hydrogen (secondary N) is 1. The van der Waals surface area contributed by atoms with Gasteiger partial charge in [0.2, 0.25) is 17.8 Å². The fourth-order valence-corrected chi connectivity index (χ4v) is 5.18. The van der Waals surface area contributed by atoms with Gasteiger partial charge in [0.05, 0.1) is 12.3 Å². The van der Waals surface area contributed by atoms with E-state index in [9.17, 15) is 24.9 Å². The van der Waals surface area contributed by atoms with Crippen LogP contribution in [-0.4, -0.2) is 65.7 Å². The van der Waals surface area contributed by atoms with Gasteiger partial charge < -0.3 is 25.8 Å². The van der Waals surface area contributed by atoms with Gasteiger partial charge >= 0.3 is 0 Å². The van der Waals surface area contributed by atoms with E-state index in [1.807, 2.05) is 30.3 Å². The molecule has 3 heterocycles. The van der Waals surface area contributed by atoms with Crippen LogP contribution < -0.4 is 16.2 Å². The van der Waals surface area contributed by atoms with E-state index in [0.717, 1.165) is 16.7 Å². The highest BCUT2D eigenvalue weighted by Gasteiger charge is 2.46. The number of benzene rings is 2. The van der Waals surface area contributed by atoms with Crippen LogP contribution in [0.5, 0.6) is 0 Å². The third-order valence-corrected chi connectivity index (χ3v) is 6.87. The van der Waals surface area contributed by atoms with Crippen LogP contribution >= 0.6 is 0 Å². The fourth-order valence-electron chi connectivity index (χ4n) is 5.18. The number of rotatable bonds is 4. The quantitative estimate of drug-likeness (QED) is 0.234. The summed E-state index contributed by atoms with van der Waals surface area (Å²) in [5.41, 5.74) is 9.81. The summed E-state index contributed by atoms with van der Waals surface area (Å²) in [5.74, 6) is -0.693. The molecule has 1 amide bonds. The maximum absolute atomic E-state index is 13.1. The standard InChI is InChI=1S/C25H24N6O6/c1-11(33)30(14-6-7-16-13(9-14)8-12-4-2-3-5-15(12)16)25-27-18-21(28-24(26)29-22(18)36)31(25)23-20(35)19(34)17(10-32)37-23/h2-7,9,17,19-20,23,32,34-35H,8,10H2,1H3,(H3,26,28,29,36)/t17-,19-,20-,23-/m1/s1. The summed E-state index contributed by atoms with van der Waals surface area (Å²) >= 11 is 0. The van der Waals surface area contributed by atoms with E-state index in [2.05, 4.69) is 21.0 Å². The highest BCUT2D eigenvalue weighted by Crippen LogP contribution is 2.41. The first kappa shape index (κ1) is 23.3. The number of ether oxygens (including phenoxy) is 1. The Morgan fingerprint density at radius 3 is 2.65 bits per heavy atom. The van der Waals surface area contributed by atoms with Gasteiger partial charge in [0.25, 0.3) is 5.56 Å². The van der Waals surface area contributed by atoms with Crippen molar-refractivity contribution < 1.29 is 24.9 Å². The van der Waals surface area contributed by atoms with Crippen molar-refractivity contribution in [2.24, 2.45) is 0 Å². The SMILES string of the molecule is CC(=O)N(c1ccc2c(c1)Cc1ccccc1-2)c1nc2c(=O)[nH]c(N)nc2n1[C@@H]1O[C@H](CO)[C@@H](O)[C@H]1O. The molecule has 2 aromatic carbocycles. The molecule has 4 atom stereocenters. The minimum atomic E-state index is -1.51. The van der Waals surface area contributed by atoms with Gasteiger partial charge in [-0.25, -0.2) is 4.98 Å². The molecule has 1 aliphatic heterocycles. The number of carbonyl (C=O) groups excluding carboxylic acids is 1. The predicted octanol–water partition coefficient (Wildman–Crippen LogP) is 0.569. The molecule has 0 radical (unpaired) electrons. The molecule has 4 aromatic rings. The third-order valence-electron chi connectivity index (χ3n) is 6.87. The van der Waals surface area contributed by atoms with Crippen molar-refractivity contribution in [2.45, 2.75) is 37.9 Å². The number of hydrogen-bond acceptors (Lipinski definition) is 9. The molecule has 0 spiro atoms. The Morgan fingerprint density at radius 1 is 1.16 bits per heavy atom. The maximum atomic E-state index is 13.1. The zero-order chi connectivity index (χ0) is 26.0. The van der Waals surface area contributed by atoms with Gasteiger partial charge in [0.1, 0.15) is 18.3 Å². The van der Waals surface area contributed by atoms with E-state index in [1.165, 1.54) is 22.0 Å². The lowest BCUT2D eigenvalue weighted by Gasteiger charge is -2.25. The molecule has 190 valence electrons. The van der Waals surface area contributed by atoms with Gasteiger partial charge in [-0.3, -0.25) is 24.0 Å². The maximum Gasteiger partial charge on any atom is 0.280 e. The highest BCUT2D eigenvalue weighted by molar-refractivity contribution is 5.99. The number of amides is 1. The molecule has 6 N–H and O–H groups in total. The average molecular weight is 505 g/mol. The number of fused-ring (bicyclic) bond motifs is 4. The van der Waals surface area contributed by atoms with Crippen LogP contribution in [-0.2, 0) is 16.0 Å². The first-order chi connectivity index (χ1) is 17.8. The van der Waals surface area contributed by atoms with Crippen molar-refractivity contribution in [3.05, 3.63) is 63.9 Å². The summed E-state index contributed by atoms with van der Waals surface area (Å²) in [4.78, 5) is 38.0. The van der Waals surface area contributed by atoms with Gasteiger partial charge in [-0.15, -0.1) is 0 Å². The molecule has 12 nitrogen and oxygen atoms in total. The van der Waals surface area contributed by atoms with Crippen LogP contribution in [0.4, 0.5) is 17.6 Å². The number of nitrogen functional groups attached to an aromatic ring is 1. The third kappa shape index (κ3) is 3.53. The summed E-state index contributed by atoms with van der Waals surface area (Å²) in [5, 5.41) is 30.8. The molecule has 37 heavy (non-hydrogen) atoms. The molecule has 0 unspecified atom stereocenters. The van der Waals surface area contributed by atoms with Crippen LogP contribution in [0, 0.1) is 0 Å². The number of aliphatic hydroxyl groups excluding tert-OH is 3. The van der Waals surface area contributed by atoms with E-state index in [4.69, 9.17) is 10.5 Å². The van der Waals surface area contributed by atoms with Crippen LogP contribution in [0.2, 0.25) is 0 Å². The van der Waals surface area contributed by atoms with Gasteiger partial charge in [0, 0.05) is 6.92 Å². The molecule has 1 saturated heterocycles. The molecule has 12 heteroatoms. The number of aliphatic hydroxyl groups is 3. The lowest BCUT2D eigenvalue weighted by molar-refractivity contribution is -0.116. The number of anilines is 3. The monoisotopic (exact) mass is 504 g/mol. The molecular weight excluding hydrogens is 480 g/mol. The van der Waals surface area contributed by atoms with E-state index >= 15 is 0 Å². The Labute approximate surface area is 209 Å². The molecule has 0 bridgehead atoms. The molecule has 1 fully saturated rings. The molecule has 1 aliphatic carbocycles.